The third kappa shape index (κ3) is 2.62. The number of nitrogens with zero attached hydrogens (tertiary/aromatic N) is 2. The normalized spacial score (nSPS) is 11.3. The van der Waals surface area contributed by atoms with E-state index in [9.17, 15) is 4.39 Å². The summed E-state index contributed by atoms with van der Waals surface area (Å²) in [5, 5.41) is 4.40. The van der Waals surface area contributed by atoms with Crippen molar-refractivity contribution in [3.63, 3.8) is 0 Å². The highest BCUT2D eigenvalue weighted by Crippen LogP contribution is 2.14. The number of fused-ring (bicyclic) bond motifs is 1. The van der Waals surface area contributed by atoms with Gasteiger partial charge in [-0.05, 0) is 30.3 Å². The van der Waals surface area contributed by atoms with Crippen LogP contribution in [0.1, 0.15) is 5.56 Å². The van der Waals surface area contributed by atoms with Gasteiger partial charge in [-0.25, -0.2) is 14.8 Å². The molecular weight excluding hydrogens is 279 g/mol. The van der Waals surface area contributed by atoms with Gasteiger partial charge in [-0.15, -0.1) is 0 Å². The molecule has 3 rings (SSSR count). The van der Waals surface area contributed by atoms with E-state index in [0.29, 0.717) is 16.5 Å². The molecule has 2 N–H and O–H groups in total. The Morgan fingerprint density at radius 1 is 1.25 bits per heavy atom. The average Bonchev–Trinajstić information content (AvgIpc) is 2.85. The van der Waals surface area contributed by atoms with Crippen LogP contribution in [-0.2, 0) is 0 Å². The first-order valence-electron chi connectivity index (χ1n) is 5.91. The van der Waals surface area contributed by atoms with Crippen LogP contribution in [0.25, 0.3) is 11.0 Å². The van der Waals surface area contributed by atoms with E-state index >= 15 is 0 Å². The van der Waals surface area contributed by atoms with Gasteiger partial charge < -0.3 is 4.98 Å². The second-order valence-corrected chi connectivity index (χ2v) is 4.57. The molecule has 3 aromatic rings. The maximum atomic E-state index is 13.5. The number of aromatic nitrogens is 2. The van der Waals surface area contributed by atoms with Crippen molar-refractivity contribution in [2.45, 2.75) is 0 Å². The lowest BCUT2D eigenvalue weighted by atomic mass is 10.2. The Bertz CT molecular complexity index is 749. The Labute approximate surface area is 119 Å². The zero-order valence-electron chi connectivity index (χ0n) is 10.3. The zero-order valence-corrected chi connectivity index (χ0v) is 11.0. The van der Waals surface area contributed by atoms with Gasteiger partial charge in [-0.2, -0.15) is 5.10 Å². The highest BCUT2D eigenvalue weighted by molar-refractivity contribution is 6.30. The summed E-state index contributed by atoms with van der Waals surface area (Å²) in [6.07, 6.45) is 1.36. The highest BCUT2D eigenvalue weighted by Gasteiger charge is 2.01. The average molecular weight is 289 g/mol. The standard InChI is InChI=1S/C14H10ClFN4/c15-10-5-6-11(16)9(7-10)8-17-20-14-18-12-3-1-2-4-13(12)19-14/h1-8H,(H2,18,19,20)/b17-8-. The summed E-state index contributed by atoms with van der Waals surface area (Å²) in [7, 11) is 0. The van der Waals surface area contributed by atoms with E-state index in [0.717, 1.165) is 11.0 Å². The predicted molar refractivity (Wildman–Crippen MR) is 78.7 cm³/mol. The second kappa shape index (κ2) is 5.30. The lowest BCUT2D eigenvalue weighted by Crippen LogP contribution is -1.94. The third-order valence-corrected chi connectivity index (χ3v) is 2.96. The number of nitrogens with one attached hydrogen (secondary N) is 2. The molecule has 0 saturated heterocycles. The van der Waals surface area contributed by atoms with Crippen LogP contribution in [0, 0.1) is 5.82 Å². The fraction of sp³-hybridized carbons (Fsp3) is 0. The van der Waals surface area contributed by atoms with Crippen molar-refractivity contribution in [1.82, 2.24) is 9.97 Å². The number of hydrazone groups is 1. The Morgan fingerprint density at radius 3 is 2.95 bits per heavy atom. The number of benzene rings is 2. The molecule has 0 atom stereocenters. The number of anilines is 1. The van der Waals surface area contributed by atoms with E-state index in [1.54, 1.807) is 0 Å². The summed E-state index contributed by atoms with van der Waals surface area (Å²) < 4.78 is 13.5. The molecule has 100 valence electrons. The van der Waals surface area contributed by atoms with Crippen LogP contribution in [0.5, 0.6) is 0 Å². The minimum absolute atomic E-state index is 0.307. The van der Waals surface area contributed by atoms with E-state index in [2.05, 4.69) is 20.5 Å². The van der Waals surface area contributed by atoms with Gasteiger partial charge in [0.25, 0.3) is 0 Å². The van der Waals surface area contributed by atoms with Gasteiger partial charge in [-0.1, -0.05) is 23.7 Å². The molecule has 0 unspecified atom stereocenters. The zero-order chi connectivity index (χ0) is 13.9. The van der Waals surface area contributed by atoms with Gasteiger partial charge in [0.05, 0.1) is 17.2 Å². The van der Waals surface area contributed by atoms with Crippen LogP contribution in [0.3, 0.4) is 0 Å². The van der Waals surface area contributed by atoms with Crippen molar-refractivity contribution in [1.29, 1.82) is 0 Å². The summed E-state index contributed by atoms with van der Waals surface area (Å²) in [4.78, 5) is 7.34. The van der Waals surface area contributed by atoms with Crippen LogP contribution < -0.4 is 5.43 Å². The number of hydrogen-bond donors (Lipinski definition) is 2. The lowest BCUT2D eigenvalue weighted by Gasteiger charge is -1.97. The van der Waals surface area contributed by atoms with Crippen molar-refractivity contribution in [3.05, 3.63) is 58.9 Å². The first-order chi connectivity index (χ1) is 9.72. The maximum Gasteiger partial charge on any atom is 0.222 e. The SMILES string of the molecule is Fc1ccc(Cl)cc1/C=N\Nc1nc2ccccc2[nH]1. The third-order valence-electron chi connectivity index (χ3n) is 2.72. The molecule has 0 bridgehead atoms. The van der Waals surface area contributed by atoms with E-state index in [-0.39, 0.29) is 5.82 Å². The van der Waals surface area contributed by atoms with E-state index in [4.69, 9.17) is 11.6 Å². The van der Waals surface area contributed by atoms with Crippen LogP contribution in [0.15, 0.2) is 47.6 Å². The molecule has 0 aliphatic carbocycles. The summed E-state index contributed by atoms with van der Waals surface area (Å²) in [5.41, 5.74) is 4.76. The van der Waals surface area contributed by atoms with Crippen molar-refractivity contribution in [2.24, 2.45) is 5.10 Å². The first-order valence-corrected chi connectivity index (χ1v) is 6.29. The molecule has 0 fully saturated rings. The fourth-order valence-electron chi connectivity index (χ4n) is 1.78. The van der Waals surface area contributed by atoms with Gasteiger partial charge in [-0.3, -0.25) is 0 Å². The monoisotopic (exact) mass is 288 g/mol. The van der Waals surface area contributed by atoms with Gasteiger partial charge in [0, 0.05) is 10.6 Å². The number of aromatic amines is 1. The molecule has 0 saturated carbocycles. The molecule has 6 heteroatoms. The Kier molecular flexibility index (Phi) is 3.35. The number of rotatable bonds is 3. The fourth-order valence-corrected chi connectivity index (χ4v) is 1.96. The van der Waals surface area contributed by atoms with Gasteiger partial charge in [0.1, 0.15) is 5.82 Å². The van der Waals surface area contributed by atoms with Gasteiger partial charge in [0.2, 0.25) is 5.95 Å². The topological polar surface area (TPSA) is 53.1 Å². The number of para-hydroxylation sites is 2. The van der Waals surface area contributed by atoms with Crippen molar-refractivity contribution >= 4 is 34.8 Å². The summed E-state index contributed by atoms with van der Waals surface area (Å²) in [6.45, 7) is 0. The molecule has 4 nitrogen and oxygen atoms in total. The number of halogens is 2. The predicted octanol–water partition coefficient (Wildman–Crippen LogP) is 3.80. The highest BCUT2D eigenvalue weighted by atomic mass is 35.5. The Balaban J connectivity index is 1.78. The smallest absolute Gasteiger partial charge is 0.222 e. The van der Waals surface area contributed by atoms with Gasteiger partial charge >= 0.3 is 0 Å². The van der Waals surface area contributed by atoms with E-state index in [1.807, 2.05) is 24.3 Å². The van der Waals surface area contributed by atoms with E-state index < -0.39 is 0 Å². The largest absolute Gasteiger partial charge is 0.323 e. The number of imidazole rings is 1. The molecule has 0 aliphatic heterocycles. The van der Waals surface area contributed by atoms with Crippen molar-refractivity contribution < 1.29 is 4.39 Å². The minimum Gasteiger partial charge on any atom is -0.323 e. The molecule has 0 spiro atoms. The van der Waals surface area contributed by atoms with E-state index in [1.165, 1.54) is 24.4 Å². The molecule has 1 heterocycles. The lowest BCUT2D eigenvalue weighted by molar-refractivity contribution is 0.626. The van der Waals surface area contributed by atoms with Crippen LogP contribution in [-0.4, -0.2) is 16.2 Å². The summed E-state index contributed by atoms with van der Waals surface area (Å²) in [6, 6.07) is 11.9. The van der Waals surface area contributed by atoms with Crippen LogP contribution in [0.4, 0.5) is 10.3 Å². The van der Waals surface area contributed by atoms with Crippen LogP contribution in [0.2, 0.25) is 5.02 Å². The Morgan fingerprint density at radius 2 is 2.10 bits per heavy atom. The molecule has 2 aromatic carbocycles. The van der Waals surface area contributed by atoms with Gasteiger partial charge in [0.15, 0.2) is 0 Å². The molecule has 0 aliphatic rings. The molecule has 0 radical (unpaired) electrons. The maximum absolute atomic E-state index is 13.5. The second-order valence-electron chi connectivity index (χ2n) is 4.14. The van der Waals surface area contributed by atoms with Crippen molar-refractivity contribution in [2.75, 3.05) is 5.43 Å². The first kappa shape index (κ1) is 12.6. The minimum atomic E-state index is -0.385. The molecule has 0 amide bonds. The molecular formula is C14H10ClFN4. The number of hydrogen-bond acceptors (Lipinski definition) is 3. The Hall–Kier alpha value is -2.40. The summed E-state index contributed by atoms with van der Waals surface area (Å²) in [5.74, 6) is 0.106. The van der Waals surface area contributed by atoms with Crippen molar-refractivity contribution in [3.8, 4) is 0 Å². The summed E-state index contributed by atoms with van der Waals surface area (Å²) >= 11 is 5.80. The van der Waals surface area contributed by atoms with Crippen LogP contribution >= 0.6 is 11.6 Å². The quantitative estimate of drug-likeness (QED) is 0.569. The molecule has 1 aromatic heterocycles. The molecule has 20 heavy (non-hydrogen) atoms. The number of H-pyrrole nitrogens is 1.